The lowest BCUT2D eigenvalue weighted by molar-refractivity contribution is 0.239. The van der Waals surface area contributed by atoms with E-state index in [0.29, 0.717) is 5.41 Å². The second-order valence-electron chi connectivity index (χ2n) is 6.17. The molecule has 0 unspecified atom stereocenters. The minimum Gasteiger partial charge on any atom is -0.313 e. The third-order valence-corrected chi connectivity index (χ3v) is 4.24. The van der Waals surface area contributed by atoms with Gasteiger partial charge >= 0.3 is 0 Å². The molecule has 0 aromatic heterocycles. The molecule has 0 radical (unpaired) electrons. The molecular weight excluding hydrogens is 206 g/mol. The Balaban J connectivity index is 1.73. The number of benzene rings is 1. The first-order chi connectivity index (χ1) is 8.11. The van der Waals surface area contributed by atoms with Crippen LogP contribution in [0, 0.1) is 5.41 Å². The third kappa shape index (κ3) is 3.32. The van der Waals surface area contributed by atoms with Gasteiger partial charge in [0, 0.05) is 12.6 Å². The molecule has 0 heterocycles. The van der Waals surface area contributed by atoms with Crippen molar-refractivity contribution in [2.45, 2.75) is 52.0 Å². The highest BCUT2D eigenvalue weighted by Gasteiger charge is 2.30. The largest absolute Gasteiger partial charge is 0.313 e. The van der Waals surface area contributed by atoms with Crippen molar-refractivity contribution in [3.05, 3.63) is 35.9 Å². The van der Waals surface area contributed by atoms with Crippen LogP contribution >= 0.6 is 0 Å². The lowest BCUT2D eigenvalue weighted by Crippen LogP contribution is -2.44. The molecule has 1 N–H and O–H groups in total. The van der Waals surface area contributed by atoms with Crippen LogP contribution in [0.3, 0.4) is 0 Å². The van der Waals surface area contributed by atoms with Gasteiger partial charge in [-0.2, -0.15) is 0 Å². The molecule has 1 aromatic carbocycles. The Morgan fingerprint density at radius 1 is 1.18 bits per heavy atom. The van der Waals surface area contributed by atoms with Crippen LogP contribution in [-0.2, 0) is 0 Å². The van der Waals surface area contributed by atoms with Crippen molar-refractivity contribution in [3.63, 3.8) is 0 Å². The van der Waals surface area contributed by atoms with E-state index in [1.54, 1.807) is 0 Å². The molecule has 1 nitrogen and oxygen atoms in total. The molecule has 17 heavy (non-hydrogen) atoms. The Kier molecular flexibility index (Phi) is 3.88. The van der Waals surface area contributed by atoms with Crippen molar-refractivity contribution in [1.82, 2.24) is 5.32 Å². The van der Waals surface area contributed by atoms with Gasteiger partial charge in [0.05, 0.1) is 0 Å². The first-order valence-electron chi connectivity index (χ1n) is 6.89. The molecule has 1 fully saturated rings. The maximum absolute atomic E-state index is 3.71. The van der Waals surface area contributed by atoms with Crippen LogP contribution < -0.4 is 5.32 Å². The Labute approximate surface area is 106 Å². The molecule has 94 valence electrons. The number of hydrogen-bond donors (Lipinski definition) is 1. The van der Waals surface area contributed by atoms with Gasteiger partial charge in [-0.25, -0.2) is 0 Å². The molecule has 1 aliphatic carbocycles. The van der Waals surface area contributed by atoms with Gasteiger partial charge in [-0.05, 0) is 36.2 Å². The van der Waals surface area contributed by atoms with Gasteiger partial charge < -0.3 is 5.32 Å². The van der Waals surface area contributed by atoms with Crippen molar-refractivity contribution < 1.29 is 0 Å². The normalized spacial score (nSPS) is 24.4. The van der Waals surface area contributed by atoms with Gasteiger partial charge in [-0.1, -0.05) is 51.1 Å². The second kappa shape index (κ2) is 5.22. The van der Waals surface area contributed by atoms with E-state index < -0.39 is 0 Å². The summed E-state index contributed by atoms with van der Waals surface area (Å²) >= 11 is 0. The molecule has 1 aliphatic rings. The number of hydrogen-bond acceptors (Lipinski definition) is 1. The smallest absolute Gasteiger partial charge is 0.00789 e. The topological polar surface area (TPSA) is 12.0 Å². The molecule has 0 saturated heterocycles. The molecule has 2 rings (SSSR count). The highest BCUT2D eigenvalue weighted by Crippen LogP contribution is 2.37. The summed E-state index contributed by atoms with van der Waals surface area (Å²) in [6.45, 7) is 8.10. The van der Waals surface area contributed by atoms with Crippen LogP contribution in [0.1, 0.15) is 51.5 Å². The van der Waals surface area contributed by atoms with Gasteiger partial charge in [0.25, 0.3) is 0 Å². The zero-order valence-electron chi connectivity index (χ0n) is 11.4. The van der Waals surface area contributed by atoms with Crippen LogP contribution in [0.15, 0.2) is 30.3 Å². The zero-order valence-corrected chi connectivity index (χ0v) is 11.4. The molecule has 1 heteroatoms. The average molecular weight is 231 g/mol. The molecule has 0 bridgehead atoms. The van der Waals surface area contributed by atoms with Crippen molar-refractivity contribution >= 4 is 0 Å². The van der Waals surface area contributed by atoms with Gasteiger partial charge in [-0.3, -0.25) is 0 Å². The second-order valence-corrected chi connectivity index (χ2v) is 6.17. The number of nitrogens with one attached hydrogen (secondary N) is 1. The van der Waals surface area contributed by atoms with Crippen LogP contribution in [-0.4, -0.2) is 12.6 Å². The Morgan fingerprint density at radius 3 is 2.41 bits per heavy atom. The summed E-state index contributed by atoms with van der Waals surface area (Å²) in [5.41, 5.74) is 1.96. The molecular formula is C16H25N. The van der Waals surface area contributed by atoms with Crippen molar-refractivity contribution in [3.8, 4) is 0 Å². The maximum atomic E-state index is 3.71. The van der Waals surface area contributed by atoms with E-state index in [9.17, 15) is 0 Å². The predicted molar refractivity (Wildman–Crippen MR) is 74.3 cm³/mol. The summed E-state index contributed by atoms with van der Waals surface area (Å²) in [7, 11) is 0. The van der Waals surface area contributed by atoms with Crippen molar-refractivity contribution in [2.24, 2.45) is 5.41 Å². The zero-order chi connectivity index (χ0) is 12.3. The van der Waals surface area contributed by atoms with Gasteiger partial charge in [0.2, 0.25) is 0 Å². The van der Waals surface area contributed by atoms with Crippen molar-refractivity contribution in [1.29, 1.82) is 0 Å². The molecule has 1 aromatic rings. The quantitative estimate of drug-likeness (QED) is 0.809. The van der Waals surface area contributed by atoms with Crippen molar-refractivity contribution in [2.75, 3.05) is 6.54 Å². The number of rotatable bonds is 5. The van der Waals surface area contributed by atoms with Crippen LogP contribution in [0.2, 0.25) is 0 Å². The van der Waals surface area contributed by atoms with E-state index in [4.69, 9.17) is 0 Å². The summed E-state index contributed by atoms with van der Waals surface area (Å²) in [5, 5.41) is 3.71. The van der Waals surface area contributed by atoms with Crippen LogP contribution in [0.5, 0.6) is 0 Å². The molecule has 0 amide bonds. The van der Waals surface area contributed by atoms with Gasteiger partial charge in [-0.15, -0.1) is 0 Å². The summed E-state index contributed by atoms with van der Waals surface area (Å²) in [5.74, 6) is 0.790. The minimum absolute atomic E-state index is 0.442. The van der Waals surface area contributed by atoms with E-state index in [1.165, 1.54) is 24.8 Å². The lowest BCUT2D eigenvalue weighted by Gasteiger charge is -2.38. The summed E-state index contributed by atoms with van der Waals surface area (Å²) in [6, 6.07) is 11.7. The SMILES string of the molecule is CCC(C)(C)CNC1CC(c2ccccc2)C1. The van der Waals surface area contributed by atoms with E-state index in [-0.39, 0.29) is 0 Å². The van der Waals surface area contributed by atoms with Crippen LogP contribution in [0.4, 0.5) is 0 Å². The highest BCUT2D eigenvalue weighted by molar-refractivity contribution is 5.22. The Bertz CT molecular complexity index is 336. The van der Waals surface area contributed by atoms with E-state index in [0.717, 1.165) is 18.5 Å². The van der Waals surface area contributed by atoms with E-state index in [1.807, 2.05) is 0 Å². The van der Waals surface area contributed by atoms with Crippen LogP contribution in [0.25, 0.3) is 0 Å². The standard InChI is InChI=1S/C16H25N/c1-4-16(2,3)12-17-15-10-14(11-15)13-8-6-5-7-9-13/h5-9,14-15,17H,4,10-12H2,1-3H3. The lowest BCUT2D eigenvalue weighted by atomic mass is 9.75. The Hall–Kier alpha value is -0.820. The average Bonchev–Trinajstić information content (AvgIpc) is 2.28. The first kappa shape index (κ1) is 12.6. The maximum Gasteiger partial charge on any atom is 0.00789 e. The fourth-order valence-corrected chi connectivity index (χ4v) is 2.33. The minimum atomic E-state index is 0.442. The fraction of sp³-hybridized carbons (Fsp3) is 0.625. The first-order valence-corrected chi connectivity index (χ1v) is 6.89. The van der Waals surface area contributed by atoms with E-state index in [2.05, 4.69) is 56.4 Å². The summed E-state index contributed by atoms with van der Waals surface area (Å²) in [4.78, 5) is 0. The highest BCUT2D eigenvalue weighted by atomic mass is 14.9. The molecule has 0 aliphatic heterocycles. The third-order valence-electron chi connectivity index (χ3n) is 4.24. The molecule has 0 spiro atoms. The Morgan fingerprint density at radius 2 is 1.82 bits per heavy atom. The molecule has 1 saturated carbocycles. The summed E-state index contributed by atoms with van der Waals surface area (Å²) in [6.07, 6.45) is 3.86. The van der Waals surface area contributed by atoms with Gasteiger partial charge in [0.1, 0.15) is 0 Å². The van der Waals surface area contributed by atoms with E-state index >= 15 is 0 Å². The predicted octanol–water partition coefficient (Wildman–Crippen LogP) is 3.96. The molecule has 0 atom stereocenters. The monoisotopic (exact) mass is 231 g/mol. The summed E-state index contributed by atoms with van der Waals surface area (Å²) < 4.78 is 0. The fourth-order valence-electron chi connectivity index (χ4n) is 2.33. The van der Waals surface area contributed by atoms with Gasteiger partial charge in [0.15, 0.2) is 0 Å².